The Labute approximate surface area is 147 Å². The molecule has 1 aliphatic rings. The standard InChI is InChI=1S/C8H12.C8H10.C3H8.2C2H6/c2*1-7-5-3-4-6-8(7)2;1-3-2;2*1-2/h3,5H,4,6H2,1-2H3;3-6H,1-2H3;3H2,1-2H3;2*1-2H3. The van der Waals surface area contributed by atoms with Gasteiger partial charge >= 0.3 is 0 Å². The molecule has 0 N–H and O–H groups in total. The van der Waals surface area contributed by atoms with Crippen LogP contribution in [0.2, 0.25) is 0 Å². The van der Waals surface area contributed by atoms with E-state index in [1.807, 2.05) is 27.7 Å². The molecule has 0 unspecified atom stereocenters. The van der Waals surface area contributed by atoms with E-state index in [-0.39, 0.29) is 0 Å². The largest absolute Gasteiger partial charge is 0.0840 e. The van der Waals surface area contributed by atoms with Crippen LogP contribution in [-0.2, 0) is 0 Å². The molecule has 0 heteroatoms. The fourth-order valence-corrected chi connectivity index (χ4v) is 1.56. The van der Waals surface area contributed by atoms with Crippen molar-refractivity contribution in [1.82, 2.24) is 0 Å². The van der Waals surface area contributed by atoms with Gasteiger partial charge in [-0.25, -0.2) is 0 Å². The molecule has 2 rings (SSSR count). The first kappa shape index (κ1) is 26.6. The highest BCUT2D eigenvalue weighted by molar-refractivity contribution is 5.25. The minimum Gasteiger partial charge on any atom is -0.0840 e. The quantitative estimate of drug-likeness (QED) is 0.450. The second-order valence-corrected chi connectivity index (χ2v) is 5.20. The summed E-state index contributed by atoms with van der Waals surface area (Å²) in [6.07, 6.45) is 8.20. The molecule has 0 spiro atoms. The number of hydrogen-bond donors (Lipinski definition) is 0. The van der Waals surface area contributed by atoms with Crippen LogP contribution in [0.3, 0.4) is 0 Å². The summed E-state index contributed by atoms with van der Waals surface area (Å²) >= 11 is 0. The van der Waals surface area contributed by atoms with Crippen molar-refractivity contribution in [3.05, 3.63) is 58.7 Å². The van der Waals surface area contributed by atoms with Crippen molar-refractivity contribution in [3.8, 4) is 0 Å². The summed E-state index contributed by atoms with van der Waals surface area (Å²) in [7, 11) is 0. The van der Waals surface area contributed by atoms with E-state index in [0.29, 0.717) is 0 Å². The van der Waals surface area contributed by atoms with Crippen LogP contribution < -0.4 is 0 Å². The highest BCUT2D eigenvalue weighted by Gasteiger charge is 1.96. The van der Waals surface area contributed by atoms with Crippen LogP contribution in [0, 0.1) is 13.8 Å². The van der Waals surface area contributed by atoms with Crippen molar-refractivity contribution in [1.29, 1.82) is 0 Å². The van der Waals surface area contributed by atoms with E-state index in [1.54, 1.807) is 5.57 Å². The van der Waals surface area contributed by atoms with Crippen molar-refractivity contribution in [2.75, 3.05) is 0 Å². The topological polar surface area (TPSA) is 0 Å². The third kappa shape index (κ3) is 16.9. The molecule has 0 fully saturated rings. The second-order valence-electron chi connectivity index (χ2n) is 5.20. The normalized spacial score (nSPS) is 11.4. The average molecular weight is 319 g/mol. The SMILES string of the molecule is CC.CC.CC1=C(C)CCC=C1.CCC.Cc1ccccc1C. The summed E-state index contributed by atoms with van der Waals surface area (Å²) < 4.78 is 0. The molecule has 134 valence electrons. The summed E-state index contributed by atoms with van der Waals surface area (Å²) in [5, 5.41) is 0. The maximum Gasteiger partial charge on any atom is -0.0282 e. The Morgan fingerprint density at radius 2 is 1.17 bits per heavy atom. The lowest BCUT2D eigenvalue weighted by Gasteiger charge is -2.06. The molecule has 0 bridgehead atoms. The zero-order chi connectivity index (χ0) is 18.7. The third-order valence-corrected chi connectivity index (χ3v) is 3.15. The van der Waals surface area contributed by atoms with Crippen LogP contribution >= 0.6 is 0 Å². The molecular formula is C23H42. The Morgan fingerprint density at radius 1 is 0.783 bits per heavy atom. The van der Waals surface area contributed by atoms with Crippen LogP contribution in [0.4, 0.5) is 0 Å². The summed E-state index contributed by atoms with van der Waals surface area (Å²) in [5.74, 6) is 0. The Kier molecular flexibility index (Phi) is 23.9. The van der Waals surface area contributed by atoms with Gasteiger partial charge in [-0.15, -0.1) is 0 Å². The van der Waals surface area contributed by atoms with Crippen LogP contribution in [0.15, 0.2) is 47.6 Å². The Balaban J connectivity index is -0.000000252. The summed E-state index contributed by atoms with van der Waals surface area (Å²) in [6, 6.07) is 8.36. The summed E-state index contributed by atoms with van der Waals surface area (Å²) in [6.45, 7) is 20.9. The van der Waals surface area contributed by atoms with Gasteiger partial charge in [0.25, 0.3) is 0 Å². The van der Waals surface area contributed by atoms with Gasteiger partial charge in [0.05, 0.1) is 0 Å². The molecule has 0 heterocycles. The molecular weight excluding hydrogens is 276 g/mol. The molecule has 0 aliphatic heterocycles. The van der Waals surface area contributed by atoms with Gasteiger partial charge in [0.2, 0.25) is 0 Å². The lowest BCUT2D eigenvalue weighted by Crippen LogP contribution is -1.85. The van der Waals surface area contributed by atoms with E-state index < -0.39 is 0 Å². The van der Waals surface area contributed by atoms with E-state index in [4.69, 9.17) is 0 Å². The minimum absolute atomic E-state index is 1.24. The molecule has 0 saturated heterocycles. The van der Waals surface area contributed by atoms with Crippen LogP contribution in [-0.4, -0.2) is 0 Å². The molecule has 1 aromatic rings. The number of hydrogen-bond acceptors (Lipinski definition) is 0. The Morgan fingerprint density at radius 3 is 1.39 bits per heavy atom. The highest BCUT2D eigenvalue weighted by Crippen LogP contribution is 2.16. The zero-order valence-corrected chi connectivity index (χ0v) is 17.6. The van der Waals surface area contributed by atoms with Crippen LogP contribution in [0.25, 0.3) is 0 Å². The van der Waals surface area contributed by atoms with Gasteiger partial charge in [-0.05, 0) is 51.7 Å². The number of rotatable bonds is 0. The molecule has 0 nitrogen and oxygen atoms in total. The van der Waals surface area contributed by atoms with Crippen molar-refractivity contribution in [2.24, 2.45) is 0 Å². The molecule has 0 radical (unpaired) electrons. The second kappa shape index (κ2) is 20.7. The van der Waals surface area contributed by atoms with Gasteiger partial charge in [0.15, 0.2) is 0 Å². The van der Waals surface area contributed by atoms with Crippen molar-refractivity contribution in [2.45, 2.75) is 88.5 Å². The summed E-state index contributed by atoms with van der Waals surface area (Å²) in [5.41, 5.74) is 5.74. The maximum absolute atomic E-state index is 2.24. The predicted octanol–water partition coefficient (Wildman–Crippen LogP) is 8.44. The van der Waals surface area contributed by atoms with E-state index in [9.17, 15) is 0 Å². The molecule has 1 aromatic carbocycles. The zero-order valence-electron chi connectivity index (χ0n) is 17.6. The number of allylic oxidation sites excluding steroid dienone is 4. The lowest BCUT2D eigenvalue weighted by molar-refractivity contribution is 0.939. The third-order valence-electron chi connectivity index (χ3n) is 3.15. The van der Waals surface area contributed by atoms with Gasteiger partial charge < -0.3 is 0 Å². The van der Waals surface area contributed by atoms with Gasteiger partial charge in [0.1, 0.15) is 0 Å². The summed E-state index contributed by atoms with van der Waals surface area (Å²) in [4.78, 5) is 0. The van der Waals surface area contributed by atoms with E-state index in [1.165, 1.54) is 36.0 Å². The van der Waals surface area contributed by atoms with Crippen LogP contribution in [0.5, 0.6) is 0 Å². The molecule has 1 aliphatic carbocycles. The van der Waals surface area contributed by atoms with Crippen LogP contribution in [0.1, 0.15) is 85.8 Å². The van der Waals surface area contributed by atoms with E-state index in [2.05, 4.69) is 78.0 Å². The van der Waals surface area contributed by atoms with Crippen molar-refractivity contribution in [3.63, 3.8) is 0 Å². The van der Waals surface area contributed by atoms with E-state index in [0.717, 1.165) is 0 Å². The predicted molar refractivity (Wildman–Crippen MR) is 111 cm³/mol. The molecule has 0 amide bonds. The lowest BCUT2D eigenvalue weighted by atomic mass is 10.0. The fraction of sp³-hybridized carbons (Fsp3) is 0.565. The molecule has 23 heavy (non-hydrogen) atoms. The average Bonchev–Trinajstić information content (AvgIpc) is 2.58. The first-order chi connectivity index (χ1) is 11.0. The van der Waals surface area contributed by atoms with Gasteiger partial charge in [-0.3, -0.25) is 0 Å². The minimum atomic E-state index is 1.24. The molecule has 0 atom stereocenters. The van der Waals surface area contributed by atoms with Crippen molar-refractivity contribution < 1.29 is 0 Å². The highest BCUT2D eigenvalue weighted by atomic mass is 14.0. The molecule has 0 aromatic heterocycles. The Hall–Kier alpha value is -1.30. The fourth-order valence-electron chi connectivity index (χ4n) is 1.56. The van der Waals surface area contributed by atoms with Gasteiger partial charge in [-0.1, -0.05) is 95.5 Å². The monoisotopic (exact) mass is 318 g/mol. The van der Waals surface area contributed by atoms with Crippen molar-refractivity contribution >= 4 is 0 Å². The first-order valence-corrected chi connectivity index (χ1v) is 9.38. The maximum atomic E-state index is 2.24. The number of benzene rings is 1. The smallest absolute Gasteiger partial charge is 0.0282 e. The molecule has 0 saturated carbocycles. The first-order valence-electron chi connectivity index (χ1n) is 9.38. The van der Waals surface area contributed by atoms with E-state index >= 15 is 0 Å². The van der Waals surface area contributed by atoms with Gasteiger partial charge in [0, 0.05) is 0 Å². The van der Waals surface area contributed by atoms with Gasteiger partial charge in [-0.2, -0.15) is 0 Å². The Bertz CT molecular complexity index is 387. The number of aryl methyl sites for hydroxylation is 2.